The van der Waals surface area contributed by atoms with Crippen molar-refractivity contribution < 1.29 is 9.59 Å². The first-order valence-electron chi connectivity index (χ1n) is 6.04. The smallest absolute Gasteiger partial charge is 0.251 e. The van der Waals surface area contributed by atoms with E-state index >= 15 is 0 Å². The number of nitrogens with two attached hydrogens (primary N) is 1. The van der Waals surface area contributed by atoms with Gasteiger partial charge in [-0.05, 0) is 37.1 Å². The Morgan fingerprint density at radius 1 is 1.50 bits per heavy atom. The zero-order valence-electron chi connectivity index (χ0n) is 10.3. The number of benzene rings is 1. The summed E-state index contributed by atoms with van der Waals surface area (Å²) in [4.78, 5) is 23.1. The van der Waals surface area contributed by atoms with Gasteiger partial charge in [0.1, 0.15) is 0 Å². The van der Waals surface area contributed by atoms with E-state index in [-0.39, 0.29) is 17.9 Å². The maximum absolute atomic E-state index is 11.9. The minimum absolute atomic E-state index is 0.0245. The van der Waals surface area contributed by atoms with Crippen LogP contribution in [0.4, 0.5) is 5.69 Å². The van der Waals surface area contributed by atoms with Crippen molar-refractivity contribution in [3.8, 4) is 0 Å². The third-order valence-corrected chi connectivity index (χ3v) is 2.99. The van der Waals surface area contributed by atoms with Crippen LogP contribution in [-0.4, -0.2) is 24.4 Å². The summed E-state index contributed by atoms with van der Waals surface area (Å²) in [6, 6.07) is 5.26. The molecule has 1 aliphatic heterocycles. The Bertz CT molecular complexity index is 485. The molecule has 5 heteroatoms. The molecule has 0 fully saturated rings. The van der Waals surface area contributed by atoms with E-state index in [1.807, 2.05) is 13.0 Å². The van der Waals surface area contributed by atoms with Crippen LogP contribution in [0.1, 0.15) is 29.3 Å². The van der Waals surface area contributed by atoms with Gasteiger partial charge in [-0.25, -0.2) is 0 Å². The zero-order chi connectivity index (χ0) is 13.1. The number of nitrogens with one attached hydrogen (secondary N) is 2. The summed E-state index contributed by atoms with van der Waals surface area (Å²) in [5, 5.41) is 5.60. The zero-order valence-corrected chi connectivity index (χ0v) is 10.3. The van der Waals surface area contributed by atoms with Crippen molar-refractivity contribution >= 4 is 17.5 Å². The van der Waals surface area contributed by atoms with Crippen LogP contribution < -0.4 is 16.4 Å². The molecular weight excluding hydrogens is 230 g/mol. The highest BCUT2D eigenvalue weighted by atomic mass is 16.2. The van der Waals surface area contributed by atoms with E-state index in [1.54, 1.807) is 12.1 Å². The molecule has 18 heavy (non-hydrogen) atoms. The molecule has 0 bridgehead atoms. The highest BCUT2D eigenvalue weighted by molar-refractivity contribution is 5.98. The SMILES string of the molecule is C[C@H](CN)NC(=O)c1ccc2c(c1)CCC(=O)N2. The second-order valence-electron chi connectivity index (χ2n) is 4.53. The Hall–Kier alpha value is -1.88. The van der Waals surface area contributed by atoms with Crippen LogP contribution in [0.15, 0.2) is 18.2 Å². The summed E-state index contributed by atoms with van der Waals surface area (Å²) in [5.41, 5.74) is 7.87. The molecule has 0 saturated carbocycles. The molecule has 2 rings (SSSR count). The second-order valence-corrected chi connectivity index (χ2v) is 4.53. The fourth-order valence-electron chi connectivity index (χ4n) is 1.89. The Kier molecular flexibility index (Phi) is 3.62. The van der Waals surface area contributed by atoms with E-state index in [0.717, 1.165) is 11.3 Å². The van der Waals surface area contributed by atoms with Crippen molar-refractivity contribution in [1.82, 2.24) is 5.32 Å². The Morgan fingerprint density at radius 3 is 3.00 bits per heavy atom. The lowest BCUT2D eigenvalue weighted by molar-refractivity contribution is -0.116. The first-order valence-corrected chi connectivity index (χ1v) is 6.04. The Morgan fingerprint density at radius 2 is 2.28 bits per heavy atom. The summed E-state index contributed by atoms with van der Waals surface area (Å²) in [5.74, 6) is -0.107. The van der Waals surface area contributed by atoms with Crippen molar-refractivity contribution in [2.45, 2.75) is 25.8 Å². The molecule has 0 spiro atoms. The van der Waals surface area contributed by atoms with Gasteiger partial charge in [0.05, 0.1) is 0 Å². The minimum atomic E-state index is -0.132. The van der Waals surface area contributed by atoms with Gasteiger partial charge in [-0.3, -0.25) is 9.59 Å². The molecule has 2 amide bonds. The maximum Gasteiger partial charge on any atom is 0.251 e. The number of fused-ring (bicyclic) bond motifs is 1. The van der Waals surface area contributed by atoms with Crippen molar-refractivity contribution in [3.63, 3.8) is 0 Å². The van der Waals surface area contributed by atoms with E-state index in [0.29, 0.717) is 24.9 Å². The molecule has 1 aliphatic rings. The highest BCUT2D eigenvalue weighted by Gasteiger charge is 2.17. The normalized spacial score (nSPS) is 15.6. The molecule has 1 heterocycles. The molecule has 1 aromatic rings. The number of carbonyl (C=O) groups excluding carboxylic acids is 2. The molecular formula is C13H17N3O2. The molecule has 4 N–H and O–H groups in total. The minimum Gasteiger partial charge on any atom is -0.348 e. The fourth-order valence-corrected chi connectivity index (χ4v) is 1.89. The van der Waals surface area contributed by atoms with Gasteiger partial charge in [-0.15, -0.1) is 0 Å². The van der Waals surface area contributed by atoms with Crippen molar-refractivity contribution in [2.24, 2.45) is 5.73 Å². The molecule has 1 atom stereocenters. The topological polar surface area (TPSA) is 84.2 Å². The van der Waals surface area contributed by atoms with Crippen LogP contribution in [0.2, 0.25) is 0 Å². The summed E-state index contributed by atoms with van der Waals surface area (Å²) in [6.07, 6.45) is 1.14. The second kappa shape index (κ2) is 5.18. The summed E-state index contributed by atoms with van der Waals surface area (Å²) < 4.78 is 0. The molecule has 96 valence electrons. The third-order valence-electron chi connectivity index (χ3n) is 2.99. The average molecular weight is 247 g/mol. The van der Waals surface area contributed by atoms with E-state index < -0.39 is 0 Å². The van der Waals surface area contributed by atoms with E-state index in [9.17, 15) is 9.59 Å². The van der Waals surface area contributed by atoms with Gasteiger partial charge in [0, 0.05) is 30.3 Å². The van der Waals surface area contributed by atoms with Crippen molar-refractivity contribution in [3.05, 3.63) is 29.3 Å². The van der Waals surface area contributed by atoms with Crippen LogP contribution in [0, 0.1) is 0 Å². The molecule has 0 aromatic heterocycles. The van der Waals surface area contributed by atoms with E-state index in [1.165, 1.54) is 0 Å². The number of amides is 2. The molecule has 0 saturated heterocycles. The lowest BCUT2D eigenvalue weighted by Gasteiger charge is -2.18. The Labute approximate surface area is 106 Å². The van der Waals surface area contributed by atoms with Gasteiger partial charge < -0.3 is 16.4 Å². The van der Waals surface area contributed by atoms with Gasteiger partial charge in [0.15, 0.2) is 0 Å². The molecule has 0 aliphatic carbocycles. The van der Waals surface area contributed by atoms with E-state index in [4.69, 9.17) is 5.73 Å². The predicted molar refractivity (Wildman–Crippen MR) is 69.4 cm³/mol. The first-order chi connectivity index (χ1) is 8.60. The number of carbonyl (C=O) groups is 2. The number of hydrogen-bond acceptors (Lipinski definition) is 3. The van der Waals surface area contributed by atoms with Crippen LogP contribution in [-0.2, 0) is 11.2 Å². The highest BCUT2D eigenvalue weighted by Crippen LogP contribution is 2.23. The average Bonchev–Trinajstić information content (AvgIpc) is 2.37. The lowest BCUT2D eigenvalue weighted by Crippen LogP contribution is -2.37. The summed E-state index contributed by atoms with van der Waals surface area (Å²) in [6.45, 7) is 2.27. The van der Waals surface area contributed by atoms with Crippen LogP contribution in [0.5, 0.6) is 0 Å². The number of aryl methyl sites for hydroxylation is 1. The first kappa shape index (κ1) is 12.6. The van der Waals surface area contributed by atoms with Crippen molar-refractivity contribution in [1.29, 1.82) is 0 Å². The third kappa shape index (κ3) is 2.68. The number of anilines is 1. The number of rotatable bonds is 3. The van der Waals surface area contributed by atoms with Gasteiger partial charge in [-0.2, -0.15) is 0 Å². The van der Waals surface area contributed by atoms with E-state index in [2.05, 4.69) is 10.6 Å². The maximum atomic E-state index is 11.9. The molecule has 5 nitrogen and oxygen atoms in total. The molecule has 0 radical (unpaired) electrons. The molecule has 1 aromatic carbocycles. The quantitative estimate of drug-likeness (QED) is 0.733. The van der Waals surface area contributed by atoms with Gasteiger partial charge >= 0.3 is 0 Å². The Balaban J connectivity index is 2.16. The largest absolute Gasteiger partial charge is 0.348 e. The van der Waals surface area contributed by atoms with Gasteiger partial charge in [0.25, 0.3) is 5.91 Å². The summed E-state index contributed by atoms with van der Waals surface area (Å²) in [7, 11) is 0. The predicted octanol–water partition coefficient (Wildman–Crippen LogP) is 0.648. The fraction of sp³-hybridized carbons (Fsp3) is 0.385. The van der Waals surface area contributed by atoms with Gasteiger partial charge in [0.2, 0.25) is 5.91 Å². The van der Waals surface area contributed by atoms with Gasteiger partial charge in [-0.1, -0.05) is 0 Å². The standard InChI is InChI=1S/C13H17N3O2/c1-8(7-14)15-13(18)10-2-4-11-9(6-10)3-5-12(17)16-11/h2,4,6,8H,3,5,7,14H2,1H3,(H,15,18)(H,16,17)/t8-/m1/s1. The number of hydrogen-bond donors (Lipinski definition) is 3. The van der Waals surface area contributed by atoms with Crippen LogP contribution in [0.3, 0.4) is 0 Å². The van der Waals surface area contributed by atoms with Crippen LogP contribution >= 0.6 is 0 Å². The van der Waals surface area contributed by atoms with Crippen LogP contribution in [0.25, 0.3) is 0 Å². The molecule has 0 unspecified atom stereocenters. The van der Waals surface area contributed by atoms with Crippen molar-refractivity contribution in [2.75, 3.05) is 11.9 Å². The lowest BCUT2D eigenvalue weighted by atomic mass is 10.00. The summed E-state index contributed by atoms with van der Waals surface area (Å²) >= 11 is 0. The monoisotopic (exact) mass is 247 g/mol.